The minimum absolute atomic E-state index is 0.0220. The Hall–Kier alpha value is -0.680. The third-order valence-electron chi connectivity index (χ3n) is 2.16. The molecule has 4 nitrogen and oxygen atoms in total. The second-order valence-corrected chi connectivity index (χ2v) is 4.04. The number of hydrogen-bond donors (Lipinski definition) is 0. The highest BCUT2D eigenvalue weighted by Gasteiger charge is 2.23. The maximum Gasteiger partial charge on any atom is 0.210 e. The van der Waals surface area contributed by atoms with Crippen LogP contribution >= 0.6 is 15.9 Å². The summed E-state index contributed by atoms with van der Waals surface area (Å²) in [5.74, 6) is -0.0220. The molecule has 1 aromatic heterocycles. The van der Waals surface area contributed by atoms with Crippen LogP contribution in [0.5, 0.6) is 0 Å². The van der Waals surface area contributed by atoms with E-state index in [1.165, 1.54) is 0 Å². The van der Waals surface area contributed by atoms with Gasteiger partial charge in [0.15, 0.2) is 0 Å². The van der Waals surface area contributed by atoms with Gasteiger partial charge in [0.05, 0.1) is 10.7 Å². The van der Waals surface area contributed by atoms with Crippen molar-refractivity contribution in [2.45, 2.75) is 26.4 Å². The average molecular weight is 275 g/mol. The van der Waals surface area contributed by atoms with Gasteiger partial charge >= 0.3 is 0 Å². The smallest absolute Gasteiger partial charge is 0.210 e. The monoisotopic (exact) mass is 274 g/mol. The molecule has 0 bridgehead atoms. The van der Waals surface area contributed by atoms with Crippen molar-refractivity contribution in [3.05, 3.63) is 16.4 Å². The van der Waals surface area contributed by atoms with E-state index in [9.17, 15) is 4.79 Å². The summed E-state index contributed by atoms with van der Waals surface area (Å²) in [6.45, 7) is 4.36. The molecule has 0 aliphatic rings. The molecule has 1 atom stereocenters. The second kappa shape index (κ2) is 5.42. The number of aryl methyl sites for hydroxylation is 1. The standard InChI is InChI=1S/C10H15BrN2O2/c1-4-8(15-5-2)10(14)9-7(11)6-12-13(9)3/h6,8H,4-5H2,1-3H3. The highest BCUT2D eigenvalue weighted by molar-refractivity contribution is 9.10. The molecule has 0 fully saturated rings. The van der Waals surface area contributed by atoms with Gasteiger partial charge in [-0.15, -0.1) is 0 Å². The van der Waals surface area contributed by atoms with Crippen molar-refractivity contribution in [3.63, 3.8) is 0 Å². The van der Waals surface area contributed by atoms with E-state index in [2.05, 4.69) is 21.0 Å². The number of ether oxygens (including phenoxy) is 1. The lowest BCUT2D eigenvalue weighted by Crippen LogP contribution is -2.26. The Labute approximate surface area is 97.7 Å². The van der Waals surface area contributed by atoms with E-state index in [0.717, 1.165) is 0 Å². The van der Waals surface area contributed by atoms with E-state index in [1.54, 1.807) is 17.9 Å². The van der Waals surface area contributed by atoms with Gasteiger partial charge in [-0.1, -0.05) is 6.92 Å². The summed E-state index contributed by atoms with van der Waals surface area (Å²) in [4.78, 5) is 12.1. The average Bonchev–Trinajstić information content (AvgIpc) is 2.54. The van der Waals surface area contributed by atoms with Crippen LogP contribution in [0.2, 0.25) is 0 Å². The topological polar surface area (TPSA) is 44.1 Å². The first-order valence-electron chi connectivity index (χ1n) is 4.95. The molecule has 0 aliphatic heterocycles. The van der Waals surface area contributed by atoms with Gasteiger partial charge in [0, 0.05) is 13.7 Å². The third kappa shape index (κ3) is 2.66. The summed E-state index contributed by atoms with van der Waals surface area (Å²) < 4.78 is 7.65. The Morgan fingerprint density at radius 2 is 2.33 bits per heavy atom. The van der Waals surface area contributed by atoms with E-state index in [0.29, 0.717) is 23.2 Å². The van der Waals surface area contributed by atoms with E-state index in [1.807, 2.05) is 13.8 Å². The molecule has 0 saturated carbocycles. The van der Waals surface area contributed by atoms with Gasteiger partial charge in [-0.25, -0.2) is 0 Å². The van der Waals surface area contributed by atoms with Crippen molar-refractivity contribution in [1.82, 2.24) is 9.78 Å². The Bertz CT molecular complexity index is 330. The van der Waals surface area contributed by atoms with Crippen molar-refractivity contribution in [2.24, 2.45) is 7.05 Å². The summed E-state index contributed by atoms with van der Waals surface area (Å²) in [7, 11) is 1.75. The number of halogens is 1. The fourth-order valence-electron chi connectivity index (χ4n) is 1.42. The van der Waals surface area contributed by atoms with Gasteiger partial charge in [0.25, 0.3) is 0 Å². The normalized spacial score (nSPS) is 12.8. The first-order valence-corrected chi connectivity index (χ1v) is 5.74. The van der Waals surface area contributed by atoms with Gasteiger partial charge in [0.1, 0.15) is 11.8 Å². The molecule has 84 valence electrons. The quantitative estimate of drug-likeness (QED) is 0.774. The molecule has 1 heterocycles. The minimum Gasteiger partial charge on any atom is -0.370 e. The fraction of sp³-hybridized carbons (Fsp3) is 0.600. The predicted molar refractivity (Wildman–Crippen MR) is 60.9 cm³/mol. The van der Waals surface area contributed by atoms with Crippen molar-refractivity contribution in [3.8, 4) is 0 Å². The Morgan fingerprint density at radius 1 is 1.67 bits per heavy atom. The summed E-state index contributed by atoms with van der Waals surface area (Å²) in [6.07, 6.45) is 1.91. The molecule has 0 amide bonds. The van der Waals surface area contributed by atoms with E-state index in [-0.39, 0.29) is 11.9 Å². The summed E-state index contributed by atoms with van der Waals surface area (Å²) in [5, 5.41) is 4.01. The number of carbonyl (C=O) groups excluding carboxylic acids is 1. The van der Waals surface area contributed by atoms with E-state index in [4.69, 9.17) is 4.74 Å². The lowest BCUT2D eigenvalue weighted by molar-refractivity contribution is 0.0434. The number of nitrogens with zero attached hydrogens (tertiary/aromatic N) is 2. The third-order valence-corrected chi connectivity index (χ3v) is 2.74. The van der Waals surface area contributed by atoms with Crippen LogP contribution < -0.4 is 0 Å². The van der Waals surface area contributed by atoms with Gasteiger partial charge in [-0.05, 0) is 29.3 Å². The molecule has 0 saturated heterocycles. The van der Waals surface area contributed by atoms with Crippen molar-refractivity contribution in [2.75, 3.05) is 6.61 Å². The molecular weight excluding hydrogens is 260 g/mol. The summed E-state index contributed by atoms with van der Waals surface area (Å²) in [6, 6.07) is 0. The van der Waals surface area contributed by atoms with Gasteiger partial charge < -0.3 is 4.74 Å². The highest BCUT2D eigenvalue weighted by Crippen LogP contribution is 2.18. The van der Waals surface area contributed by atoms with Crippen LogP contribution in [0.25, 0.3) is 0 Å². The van der Waals surface area contributed by atoms with Crippen molar-refractivity contribution < 1.29 is 9.53 Å². The van der Waals surface area contributed by atoms with Crippen LogP contribution in [0.1, 0.15) is 30.8 Å². The summed E-state index contributed by atoms with van der Waals surface area (Å²) >= 11 is 3.31. The molecule has 0 aromatic carbocycles. The van der Waals surface area contributed by atoms with Gasteiger partial charge in [-0.2, -0.15) is 5.10 Å². The zero-order valence-corrected chi connectivity index (χ0v) is 10.7. The lowest BCUT2D eigenvalue weighted by atomic mass is 10.1. The Balaban J connectivity index is 2.92. The Kier molecular flexibility index (Phi) is 4.47. The van der Waals surface area contributed by atoms with E-state index < -0.39 is 0 Å². The largest absolute Gasteiger partial charge is 0.370 e. The molecule has 5 heteroatoms. The maximum atomic E-state index is 12.1. The molecule has 1 unspecified atom stereocenters. The molecule has 1 aromatic rings. The van der Waals surface area contributed by atoms with Crippen LogP contribution in [0, 0.1) is 0 Å². The molecular formula is C10H15BrN2O2. The van der Waals surface area contributed by atoms with Crippen LogP contribution in [0.15, 0.2) is 10.7 Å². The number of ketones is 1. The fourth-order valence-corrected chi connectivity index (χ4v) is 1.96. The maximum absolute atomic E-state index is 12.1. The van der Waals surface area contributed by atoms with Crippen molar-refractivity contribution in [1.29, 1.82) is 0 Å². The SMILES string of the molecule is CCOC(CC)C(=O)c1c(Br)cnn1C. The summed E-state index contributed by atoms with van der Waals surface area (Å²) in [5.41, 5.74) is 0.565. The number of carbonyl (C=O) groups is 1. The minimum atomic E-state index is -0.373. The molecule has 15 heavy (non-hydrogen) atoms. The molecule has 0 radical (unpaired) electrons. The van der Waals surface area contributed by atoms with E-state index >= 15 is 0 Å². The van der Waals surface area contributed by atoms with Crippen LogP contribution in [-0.4, -0.2) is 28.3 Å². The van der Waals surface area contributed by atoms with Crippen LogP contribution in [0.3, 0.4) is 0 Å². The molecule has 1 rings (SSSR count). The second-order valence-electron chi connectivity index (χ2n) is 3.18. The first-order chi connectivity index (χ1) is 7.11. The van der Waals surface area contributed by atoms with Crippen molar-refractivity contribution >= 4 is 21.7 Å². The molecule has 0 spiro atoms. The van der Waals surface area contributed by atoms with Crippen LogP contribution in [-0.2, 0) is 11.8 Å². The molecule has 0 N–H and O–H groups in total. The zero-order chi connectivity index (χ0) is 11.4. The highest BCUT2D eigenvalue weighted by atomic mass is 79.9. The van der Waals surface area contributed by atoms with Gasteiger partial charge in [-0.3, -0.25) is 9.48 Å². The lowest BCUT2D eigenvalue weighted by Gasteiger charge is -2.13. The number of rotatable bonds is 5. The molecule has 0 aliphatic carbocycles. The first kappa shape index (κ1) is 12.4. The van der Waals surface area contributed by atoms with Gasteiger partial charge in [0.2, 0.25) is 5.78 Å². The van der Waals surface area contributed by atoms with Crippen LogP contribution in [0.4, 0.5) is 0 Å². The number of aromatic nitrogens is 2. The zero-order valence-electron chi connectivity index (χ0n) is 9.16. The number of hydrogen-bond acceptors (Lipinski definition) is 3. The predicted octanol–water partition coefficient (Wildman–Crippen LogP) is 2.18. The Morgan fingerprint density at radius 3 is 2.73 bits per heavy atom. The number of Topliss-reactive ketones (excluding diaryl/α,β-unsaturated/α-hetero) is 1.